The molecular formula is C24H35N3O3. The molecular weight excluding hydrogens is 378 g/mol. The normalized spacial score (nSPS) is 14.7. The summed E-state index contributed by atoms with van der Waals surface area (Å²) in [5, 5.41) is 0.907. The highest BCUT2D eigenvalue weighted by molar-refractivity contribution is 6.09. The second-order valence-electron chi connectivity index (χ2n) is 8.23. The second kappa shape index (κ2) is 9.54. The third-order valence-corrected chi connectivity index (χ3v) is 6.44. The fourth-order valence-corrected chi connectivity index (χ4v) is 4.77. The number of methoxy groups -OCH3 is 1. The van der Waals surface area contributed by atoms with Crippen molar-refractivity contribution in [2.45, 2.75) is 58.9 Å². The summed E-state index contributed by atoms with van der Waals surface area (Å²) < 4.78 is 7.79. The van der Waals surface area contributed by atoms with Gasteiger partial charge in [0, 0.05) is 42.8 Å². The monoisotopic (exact) mass is 413 g/mol. The van der Waals surface area contributed by atoms with Crippen LogP contribution in [0.4, 0.5) is 0 Å². The summed E-state index contributed by atoms with van der Waals surface area (Å²) in [5.41, 5.74) is 2.74. The van der Waals surface area contributed by atoms with Gasteiger partial charge in [0.05, 0.1) is 19.2 Å². The number of fused-ring (bicyclic) bond motifs is 1. The van der Waals surface area contributed by atoms with Crippen molar-refractivity contribution in [2.75, 3.05) is 33.8 Å². The van der Waals surface area contributed by atoms with Gasteiger partial charge in [-0.1, -0.05) is 19.3 Å². The van der Waals surface area contributed by atoms with Crippen LogP contribution in [0, 0.1) is 6.92 Å². The molecule has 0 atom stereocenters. The number of benzene rings is 1. The predicted octanol–water partition coefficient (Wildman–Crippen LogP) is 4.40. The van der Waals surface area contributed by atoms with Crippen LogP contribution in [0.5, 0.6) is 5.75 Å². The van der Waals surface area contributed by atoms with Gasteiger partial charge in [0.25, 0.3) is 5.91 Å². The number of rotatable bonds is 7. The topological polar surface area (TPSA) is 54.8 Å². The molecule has 1 aliphatic carbocycles. The molecule has 1 aromatic heterocycles. The highest BCUT2D eigenvalue weighted by Crippen LogP contribution is 2.37. The third kappa shape index (κ3) is 4.18. The number of amides is 2. The van der Waals surface area contributed by atoms with E-state index in [0.717, 1.165) is 35.2 Å². The van der Waals surface area contributed by atoms with Gasteiger partial charge < -0.3 is 19.1 Å². The van der Waals surface area contributed by atoms with E-state index >= 15 is 0 Å². The number of hydrogen-bond donors (Lipinski definition) is 0. The summed E-state index contributed by atoms with van der Waals surface area (Å²) in [4.78, 5) is 29.4. The maximum Gasteiger partial charge on any atom is 0.256 e. The molecule has 0 radical (unpaired) electrons. The lowest BCUT2D eigenvalue weighted by atomic mass is 9.95. The van der Waals surface area contributed by atoms with Crippen LogP contribution in [0.3, 0.4) is 0 Å². The molecule has 1 aromatic carbocycles. The molecule has 6 nitrogen and oxygen atoms in total. The summed E-state index contributed by atoms with van der Waals surface area (Å²) in [6.45, 7) is 7.33. The van der Waals surface area contributed by atoms with E-state index in [1.165, 1.54) is 19.3 Å². The Hall–Kier alpha value is -2.50. The van der Waals surface area contributed by atoms with E-state index in [1.807, 2.05) is 32.9 Å². The van der Waals surface area contributed by atoms with Gasteiger partial charge >= 0.3 is 0 Å². The molecule has 3 rings (SSSR count). The highest BCUT2D eigenvalue weighted by Gasteiger charge is 2.28. The molecule has 0 saturated heterocycles. The molecule has 0 N–H and O–H groups in total. The van der Waals surface area contributed by atoms with Gasteiger partial charge in [0.15, 0.2) is 0 Å². The Balaban J connectivity index is 2.02. The van der Waals surface area contributed by atoms with Gasteiger partial charge in [-0.3, -0.25) is 9.59 Å². The van der Waals surface area contributed by atoms with Crippen LogP contribution < -0.4 is 4.74 Å². The minimum atomic E-state index is -0.110. The fourth-order valence-electron chi connectivity index (χ4n) is 4.77. The minimum Gasteiger partial charge on any atom is -0.497 e. The number of aromatic nitrogens is 1. The van der Waals surface area contributed by atoms with Crippen molar-refractivity contribution in [3.8, 4) is 5.75 Å². The molecule has 164 valence electrons. The van der Waals surface area contributed by atoms with Crippen molar-refractivity contribution in [3.05, 3.63) is 29.5 Å². The molecule has 0 unspecified atom stereocenters. The van der Waals surface area contributed by atoms with Crippen molar-refractivity contribution in [1.29, 1.82) is 0 Å². The van der Waals surface area contributed by atoms with Gasteiger partial charge in [-0.05, 0) is 51.8 Å². The zero-order valence-electron chi connectivity index (χ0n) is 19.0. The smallest absolute Gasteiger partial charge is 0.256 e. The Kier molecular flexibility index (Phi) is 7.06. The Morgan fingerprint density at radius 1 is 1.13 bits per heavy atom. The molecule has 1 saturated carbocycles. The quantitative estimate of drug-likeness (QED) is 0.676. The van der Waals surface area contributed by atoms with E-state index in [9.17, 15) is 9.59 Å². The Labute approximate surface area is 179 Å². The summed E-state index contributed by atoms with van der Waals surface area (Å²) in [6.07, 6.45) is 6.01. The average Bonchev–Trinajstić information content (AvgIpc) is 3.05. The lowest BCUT2D eigenvalue weighted by Crippen LogP contribution is -2.41. The third-order valence-electron chi connectivity index (χ3n) is 6.44. The molecule has 6 heteroatoms. The van der Waals surface area contributed by atoms with E-state index in [-0.39, 0.29) is 18.4 Å². The SMILES string of the molecule is CCN(CC)C(=O)CN(C)C(=O)c1c(C)n(C2CCCCC2)c2ccc(OC)cc12. The van der Waals surface area contributed by atoms with E-state index < -0.39 is 0 Å². The zero-order valence-corrected chi connectivity index (χ0v) is 19.0. The molecule has 0 aliphatic heterocycles. The predicted molar refractivity (Wildman–Crippen MR) is 120 cm³/mol. The number of carbonyl (C=O) groups excluding carboxylic acids is 2. The summed E-state index contributed by atoms with van der Waals surface area (Å²) >= 11 is 0. The van der Waals surface area contributed by atoms with Crippen molar-refractivity contribution in [2.24, 2.45) is 0 Å². The first kappa shape index (κ1) is 22.2. The molecule has 0 spiro atoms. The summed E-state index contributed by atoms with van der Waals surface area (Å²) in [7, 11) is 3.36. The van der Waals surface area contributed by atoms with Crippen LogP contribution in [0.25, 0.3) is 10.9 Å². The molecule has 1 fully saturated rings. The zero-order chi connectivity index (χ0) is 21.8. The molecule has 1 heterocycles. The lowest BCUT2D eigenvalue weighted by molar-refractivity contribution is -0.131. The van der Waals surface area contributed by atoms with Gasteiger partial charge in [-0.2, -0.15) is 0 Å². The molecule has 1 aliphatic rings. The summed E-state index contributed by atoms with van der Waals surface area (Å²) in [6, 6.07) is 6.39. The fraction of sp³-hybridized carbons (Fsp3) is 0.583. The van der Waals surface area contributed by atoms with Crippen molar-refractivity contribution < 1.29 is 14.3 Å². The molecule has 2 aromatic rings. The van der Waals surface area contributed by atoms with Gasteiger partial charge in [0.2, 0.25) is 5.91 Å². The lowest BCUT2D eigenvalue weighted by Gasteiger charge is -2.26. The molecule has 30 heavy (non-hydrogen) atoms. The Morgan fingerprint density at radius 3 is 2.40 bits per heavy atom. The van der Waals surface area contributed by atoms with Gasteiger partial charge in [0.1, 0.15) is 5.75 Å². The average molecular weight is 414 g/mol. The van der Waals surface area contributed by atoms with E-state index in [4.69, 9.17) is 4.74 Å². The first-order valence-electron chi connectivity index (χ1n) is 11.1. The van der Waals surface area contributed by atoms with Crippen LogP contribution in [-0.4, -0.2) is 60.0 Å². The number of nitrogens with zero attached hydrogens (tertiary/aromatic N) is 3. The van der Waals surface area contributed by atoms with Crippen molar-refractivity contribution >= 4 is 22.7 Å². The number of carbonyl (C=O) groups is 2. The van der Waals surface area contributed by atoms with E-state index in [1.54, 1.807) is 24.0 Å². The van der Waals surface area contributed by atoms with Crippen LogP contribution in [0.1, 0.15) is 68.0 Å². The summed E-state index contributed by atoms with van der Waals surface area (Å²) in [5.74, 6) is 0.599. The standard InChI is InChI=1S/C24H35N3O3/c1-6-26(7-2)22(28)16-25(4)24(29)23-17(3)27(18-11-9-8-10-12-18)21-14-13-19(30-5)15-20(21)23/h13-15,18H,6-12,16H2,1-5H3. The van der Waals surface area contributed by atoms with E-state index in [0.29, 0.717) is 24.7 Å². The second-order valence-corrected chi connectivity index (χ2v) is 8.23. The number of likely N-dealkylation sites (N-methyl/N-ethyl adjacent to an activating group) is 2. The van der Waals surface area contributed by atoms with Gasteiger partial charge in [-0.25, -0.2) is 0 Å². The molecule has 0 bridgehead atoms. The van der Waals surface area contributed by atoms with Crippen molar-refractivity contribution in [3.63, 3.8) is 0 Å². The first-order chi connectivity index (χ1) is 14.4. The van der Waals surface area contributed by atoms with Crippen LogP contribution >= 0.6 is 0 Å². The minimum absolute atomic E-state index is 0.0258. The van der Waals surface area contributed by atoms with Crippen LogP contribution in [0.15, 0.2) is 18.2 Å². The Bertz CT molecular complexity index is 908. The molecule has 2 amide bonds. The van der Waals surface area contributed by atoms with Crippen LogP contribution in [-0.2, 0) is 4.79 Å². The van der Waals surface area contributed by atoms with Crippen molar-refractivity contribution in [1.82, 2.24) is 14.4 Å². The largest absolute Gasteiger partial charge is 0.497 e. The Morgan fingerprint density at radius 2 is 1.80 bits per heavy atom. The van der Waals surface area contributed by atoms with Gasteiger partial charge in [-0.15, -0.1) is 0 Å². The van der Waals surface area contributed by atoms with E-state index in [2.05, 4.69) is 10.6 Å². The highest BCUT2D eigenvalue weighted by atomic mass is 16.5. The first-order valence-corrected chi connectivity index (χ1v) is 11.1. The maximum atomic E-state index is 13.5. The van der Waals surface area contributed by atoms with Crippen LogP contribution in [0.2, 0.25) is 0 Å². The maximum absolute atomic E-state index is 13.5. The number of hydrogen-bond acceptors (Lipinski definition) is 3. The number of ether oxygens (including phenoxy) is 1.